The Morgan fingerprint density at radius 2 is 1.86 bits per heavy atom. The Labute approximate surface area is 126 Å². The third-order valence-electron chi connectivity index (χ3n) is 2.78. The average Bonchev–Trinajstić information content (AvgIpc) is 2.50. The molecule has 21 heavy (non-hydrogen) atoms. The molecule has 118 valence electrons. The minimum Gasteiger partial charge on any atom is -0.492 e. The first-order valence-electron chi connectivity index (χ1n) is 6.90. The van der Waals surface area contributed by atoms with E-state index in [2.05, 4.69) is 15.6 Å². The lowest BCUT2D eigenvalue weighted by Gasteiger charge is -2.12. The van der Waals surface area contributed by atoms with Crippen LogP contribution in [0, 0.1) is 0 Å². The van der Waals surface area contributed by atoms with Crippen molar-refractivity contribution < 1.29 is 13.2 Å². The third-order valence-corrected chi connectivity index (χ3v) is 4.48. The van der Waals surface area contributed by atoms with Crippen LogP contribution in [0.4, 0.5) is 0 Å². The molecule has 0 aromatic heterocycles. The van der Waals surface area contributed by atoms with Gasteiger partial charge in [-0.1, -0.05) is 25.1 Å². The standard InChI is InChI=1S/C14H23N3O3S/c1-3-21(18,19)12-10-17-14(15-2)16-9-11-20-13-7-5-4-6-8-13/h4-8H,3,9-12H2,1-2H3,(H2,15,16,17). The van der Waals surface area contributed by atoms with Gasteiger partial charge in [0.25, 0.3) is 0 Å². The fraction of sp³-hybridized carbons (Fsp3) is 0.500. The van der Waals surface area contributed by atoms with Gasteiger partial charge in [0, 0.05) is 19.3 Å². The molecule has 0 heterocycles. The highest BCUT2D eigenvalue weighted by Gasteiger charge is 2.07. The molecular weight excluding hydrogens is 290 g/mol. The number of guanidine groups is 1. The van der Waals surface area contributed by atoms with Gasteiger partial charge in [0.15, 0.2) is 15.8 Å². The van der Waals surface area contributed by atoms with Gasteiger partial charge in [0.2, 0.25) is 0 Å². The fourth-order valence-corrected chi connectivity index (χ4v) is 2.25. The summed E-state index contributed by atoms with van der Waals surface area (Å²) >= 11 is 0. The summed E-state index contributed by atoms with van der Waals surface area (Å²) in [4.78, 5) is 4.02. The van der Waals surface area contributed by atoms with E-state index in [0.29, 0.717) is 25.7 Å². The lowest BCUT2D eigenvalue weighted by Crippen LogP contribution is -2.41. The van der Waals surface area contributed by atoms with E-state index in [0.717, 1.165) is 5.75 Å². The maximum atomic E-state index is 11.4. The SMILES string of the molecule is CCS(=O)(=O)CCNC(=NC)NCCOc1ccccc1. The molecule has 0 amide bonds. The lowest BCUT2D eigenvalue weighted by molar-refractivity contribution is 0.322. The molecule has 0 atom stereocenters. The summed E-state index contributed by atoms with van der Waals surface area (Å²) in [6, 6.07) is 9.54. The quantitative estimate of drug-likeness (QED) is 0.419. The van der Waals surface area contributed by atoms with Crippen LogP contribution in [-0.4, -0.2) is 52.6 Å². The molecule has 0 saturated carbocycles. The number of hydrogen-bond acceptors (Lipinski definition) is 4. The molecular formula is C14H23N3O3S. The van der Waals surface area contributed by atoms with Crippen LogP contribution in [-0.2, 0) is 9.84 Å². The van der Waals surface area contributed by atoms with Crippen LogP contribution in [0.25, 0.3) is 0 Å². The fourth-order valence-electron chi connectivity index (χ4n) is 1.54. The molecule has 2 N–H and O–H groups in total. The van der Waals surface area contributed by atoms with Crippen molar-refractivity contribution >= 4 is 15.8 Å². The molecule has 7 heteroatoms. The van der Waals surface area contributed by atoms with Crippen molar-refractivity contribution in [3.63, 3.8) is 0 Å². The van der Waals surface area contributed by atoms with Gasteiger partial charge in [-0.2, -0.15) is 0 Å². The van der Waals surface area contributed by atoms with E-state index >= 15 is 0 Å². The van der Waals surface area contributed by atoms with Crippen LogP contribution in [0.1, 0.15) is 6.92 Å². The van der Waals surface area contributed by atoms with Crippen LogP contribution in [0.5, 0.6) is 5.75 Å². The highest BCUT2D eigenvalue weighted by molar-refractivity contribution is 7.91. The molecule has 0 aliphatic heterocycles. The molecule has 0 unspecified atom stereocenters. The molecule has 0 aliphatic rings. The molecule has 0 bridgehead atoms. The number of nitrogens with zero attached hydrogens (tertiary/aromatic N) is 1. The number of rotatable bonds is 8. The van der Waals surface area contributed by atoms with Crippen molar-refractivity contribution in [2.45, 2.75) is 6.92 Å². The van der Waals surface area contributed by atoms with Gasteiger partial charge in [-0.25, -0.2) is 8.42 Å². The van der Waals surface area contributed by atoms with E-state index in [1.807, 2.05) is 30.3 Å². The van der Waals surface area contributed by atoms with E-state index in [1.54, 1.807) is 14.0 Å². The smallest absolute Gasteiger partial charge is 0.191 e. The van der Waals surface area contributed by atoms with Crippen molar-refractivity contribution in [2.24, 2.45) is 4.99 Å². The Morgan fingerprint density at radius 1 is 1.19 bits per heavy atom. The van der Waals surface area contributed by atoms with Gasteiger partial charge in [0.05, 0.1) is 12.3 Å². The molecule has 0 spiro atoms. The van der Waals surface area contributed by atoms with E-state index in [-0.39, 0.29) is 11.5 Å². The van der Waals surface area contributed by atoms with Gasteiger partial charge in [-0.05, 0) is 12.1 Å². The first-order chi connectivity index (χ1) is 10.1. The zero-order chi connectivity index (χ0) is 15.6. The zero-order valence-corrected chi connectivity index (χ0v) is 13.3. The minimum absolute atomic E-state index is 0.102. The summed E-state index contributed by atoms with van der Waals surface area (Å²) in [6.45, 7) is 3.06. The lowest BCUT2D eigenvalue weighted by atomic mass is 10.3. The number of benzene rings is 1. The minimum atomic E-state index is -2.95. The molecule has 0 radical (unpaired) electrons. The Hall–Kier alpha value is -1.76. The summed E-state index contributed by atoms with van der Waals surface area (Å²) in [6.07, 6.45) is 0. The van der Waals surface area contributed by atoms with Gasteiger partial charge in [-0.3, -0.25) is 4.99 Å². The van der Waals surface area contributed by atoms with Crippen molar-refractivity contribution in [3.05, 3.63) is 30.3 Å². The van der Waals surface area contributed by atoms with Crippen molar-refractivity contribution in [1.82, 2.24) is 10.6 Å². The Bertz CT molecular complexity index is 530. The largest absolute Gasteiger partial charge is 0.492 e. The summed E-state index contributed by atoms with van der Waals surface area (Å²) in [7, 11) is -1.31. The van der Waals surface area contributed by atoms with E-state index < -0.39 is 9.84 Å². The molecule has 0 fully saturated rings. The maximum absolute atomic E-state index is 11.4. The van der Waals surface area contributed by atoms with Gasteiger partial charge >= 0.3 is 0 Å². The molecule has 0 aliphatic carbocycles. The zero-order valence-electron chi connectivity index (χ0n) is 12.5. The van der Waals surface area contributed by atoms with Crippen molar-refractivity contribution in [3.8, 4) is 5.75 Å². The van der Waals surface area contributed by atoms with E-state index in [4.69, 9.17) is 4.74 Å². The number of ether oxygens (including phenoxy) is 1. The summed E-state index contributed by atoms with van der Waals surface area (Å²) in [5, 5.41) is 6.03. The number of nitrogens with one attached hydrogen (secondary N) is 2. The number of para-hydroxylation sites is 1. The highest BCUT2D eigenvalue weighted by atomic mass is 32.2. The van der Waals surface area contributed by atoms with Crippen LogP contribution >= 0.6 is 0 Å². The third kappa shape index (κ3) is 7.55. The second kappa shape index (κ2) is 9.23. The monoisotopic (exact) mass is 313 g/mol. The highest BCUT2D eigenvalue weighted by Crippen LogP contribution is 2.07. The van der Waals surface area contributed by atoms with E-state index in [9.17, 15) is 8.42 Å². The predicted molar refractivity (Wildman–Crippen MR) is 85.6 cm³/mol. The summed E-state index contributed by atoms with van der Waals surface area (Å²) in [5.74, 6) is 1.64. The van der Waals surface area contributed by atoms with Crippen LogP contribution in [0.15, 0.2) is 35.3 Å². The number of sulfone groups is 1. The predicted octanol–water partition coefficient (Wildman–Crippen LogP) is 0.665. The molecule has 0 saturated heterocycles. The Morgan fingerprint density at radius 3 is 2.48 bits per heavy atom. The number of hydrogen-bond donors (Lipinski definition) is 2. The topological polar surface area (TPSA) is 79.8 Å². The summed E-state index contributed by atoms with van der Waals surface area (Å²) < 4.78 is 28.3. The molecule has 1 aromatic carbocycles. The average molecular weight is 313 g/mol. The first kappa shape index (κ1) is 17.3. The van der Waals surface area contributed by atoms with Crippen LogP contribution in [0.3, 0.4) is 0 Å². The van der Waals surface area contributed by atoms with Gasteiger partial charge in [0.1, 0.15) is 12.4 Å². The Balaban J connectivity index is 2.20. The first-order valence-corrected chi connectivity index (χ1v) is 8.72. The molecule has 1 rings (SSSR count). The van der Waals surface area contributed by atoms with Crippen molar-refractivity contribution in [1.29, 1.82) is 0 Å². The van der Waals surface area contributed by atoms with E-state index in [1.165, 1.54) is 0 Å². The number of aliphatic imine (C=N–C) groups is 1. The van der Waals surface area contributed by atoms with Crippen LogP contribution < -0.4 is 15.4 Å². The summed E-state index contributed by atoms with van der Waals surface area (Å²) in [5.41, 5.74) is 0. The van der Waals surface area contributed by atoms with Crippen LogP contribution in [0.2, 0.25) is 0 Å². The second-order valence-corrected chi connectivity index (χ2v) is 6.80. The van der Waals surface area contributed by atoms with Gasteiger partial charge in [-0.15, -0.1) is 0 Å². The maximum Gasteiger partial charge on any atom is 0.191 e. The normalized spacial score (nSPS) is 12.0. The Kier molecular flexibility index (Phi) is 7.60. The van der Waals surface area contributed by atoms with Gasteiger partial charge < -0.3 is 15.4 Å². The molecule has 6 nitrogen and oxygen atoms in total. The second-order valence-electron chi connectivity index (χ2n) is 4.32. The van der Waals surface area contributed by atoms with Crippen molar-refractivity contribution in [2.75, 3.05) is 38.2 Å². The molecule has 1 aromatic rings.